The predicted molar refractivity (Wildman–Crippen MR) is 139 cm³/mol. The van der Waals surface area contributed by atoms with Crippen LogP contribution in [0.5, 0.6) is 5.75 Å². The highest BCUT2D eigenvalue weighted by Gasteiger charge is 2.43. The van der Waals surface area contributed by atoms with Crippen LogP contribution in [0, 0.1) is 47.1 Å². The van der Waals surface area contributed by atoms with Crippen LogP contribution in [0.4, 0.5) is 13.6 Å². The maximum Gasteiger partial charge on any atom is 0.410 e. The van der Waals surface area contributed by atoms with Crippen LogP contribution in [0.25, 0.3) is 0 Å². The number of hydrogen-bond donors (Lipinski definition) is 0. The van der Waals surface area contributed by atoms with Crippen molar-refractivity contribution in [2.24, 2.45) is 35.5 Å². The summed E-state index contributed by atoms with van der Waals surface area (Å²) in [5.74, 6) is 0.876. The monoisotopic (exact) mass is 519 g/mol. The molecule has 2 saturated carbocycles. The molecule has 1 heterocycles. The number of benzene rings is 1. The summed E-state index contributed by atoms with van der Waals surface area (Å²) in [5.41, 5.74) is -0.439. The third kappa shape index (κ3) is 7.02. The highest BCUT2D eigenvalue weighted by Crippen LogP contribution is 2.49. The van der Waals surface area contributed by atoms with Crippen molar-refractivity contribution in [3.63, 3.8) is 0 Å². The van der Waals surface area contributed by atoms with E-state index in [1.54, 1.807) is 4.90 Å². The quantitative estimate of drug-likeness (QED) is 0.289. The zero-order valence-corrected chi connectivity index (χ0v) is 22.8. The zero-order chi connectivity index (χ0) is 26.7. The number of halogens is 2. The number of ketones is 1. The van der Waals surface area contributed by atoms with Gasteiger partial charge in [0.1, 0.15) is 17.4 Å². The molecule has 0 N–H and O–H groups in total. The highest BCUT2D eigenvalue weighted by molar-refractivity contribution is 5.96. The fourth-order valence-corrected chi connectivity index (χ4v) is 6.21. The minimum atomic E-state index is -0.837. The maximum atomic E-state index is 14.7. The number of carbonyl (C=O) groups is 2. The number of Topliss-reactive ketones (excluding diaryl/α,β-unsaturated/α-hetero) is 1. The van der Waals surface area contributed by atoms with Crippen LogP contribution in [0.2, 0.25) is 0 Å². The van der Waals surface area contributed by atoms with Crippen LogP contribution in [0.15, 0.2) is 12.1 Å². The van der Waals surface area contributed by atoms with Crippen LogP contribution in [0.3, 0.4) is 0 Å². The van der Waals surface area contributed by atoms with Crippen molar-refractivity contribution >= 4 is 11.9 Å². The Labute approximate surface area is 220 Å². The van der Waals surface area contributed by atoms with Crippen molar-refractivity contribution in [3.05, 3.63) is 29.3 Å². The first-order valence-corrected chi connectivity index (χ1v) is 14.2. The molecule has 5 nitrogen and oxygen atoms in total. The van der Waals surface area contributed by atoms with Gasteiger partial charge in [-0.25, -0.2) is 13.6 Å². The van der Waals surface area contributed by atoms with Crippen LogP contribution in [0.1, 0.15) is 89.4 Å². The van der Waals surface area contributed by atoms with Gasteiger partial charge in [-0.05, 0) is 75.0 Å². The maximum absolute atomic E-state index is 14.7. The summed E-state index contributed by atoms with van der Waals surface area (Å²) in [5, 5.41) is 0. The summed E-state index contributed by atoms with van der Waals surface area (Å²) < 4.78 is 40.4. The summed E-state index contributed by atoms with van der Waals surface area (Å²) >= 11 is 0. The standard InChI is InChI=1S/C30H43F2NO4/c1-18(2)37-30(35)33-11-8-22(9-12-33)25-15-23(25)10-13-36-24-16-26(31)29(27(32)17-24)28(34)14-19(3)20(4)21-6-5-7-21/h16-23,25H,5-15H2,1-4H3. The number of ether oxygens (including phenoxy) is 2. The number of amides is 1. The van der Waals surface area contributed by atoms with Crippen LogP contribution in [-0.2, 0) is 4.74 Å². The molecule has 1 aromatic carbocycles. The predicted octanol–water partition coefficient (Wildman–Crippen LogP) is 7.27. The molecule has 4 rings (SSSR count). The minimum absolute atomic E-state index is 0.0973. The molecule has 37 heavy (non-hydrogen) atoms. The highest BCUT2D eigenvalue weighted by atomic mass is 19.1. The van der Waals surface area contributed by atoms with E-state index in [1.165, 1.54) is 19.3 Å². The Morgan fingerprint density at radius 2 is 1.68 bits per heavy atom. The molecular formula is C30H43F2NO4. The van der Waals surface area contributed by atoms with Crippen molar-refractivity contribution in [1.29, 1.82) is 0 Å². The van der Waals surface area contributed by atoms with E-state index >= 15 is 0 Å². The number of piperidine rings is 1. The fourth-order valence-electron chi connectivity index (χ4n) is 6.21. The summed E-state index contributed by atoms with van der Waals surface area (Å²) in [7, 11) is 0. The first-order valence-electron chi connectivity index (χ1n) is 14.2. The minimum Gasteiger partial charge on any atom is -0.493 e. The molecule has 206 valence electrons. The topological polar surface area (TPSA) is 55.8 Å². The van der Waals surface area contributed by atoms with Gasteiger partial charge in [-0.3, -0.25) is 4.79 Å². The molecule has 1 amide bonds. The van der Waals surface area contributed by atoms with E-state index in [0.29, 0.717) is 36.2 Å². The third-order valence-electron chi connectivity index (χ3n) is 9.07. The Morgan fingerprint density at radius 3 is 2.24 bits per heavy atom. The Morgan fingerprint density at radius 1 is 1.03 bits per heavy atom. The number of carbonyl (C=O) groups excluding carboxylic acids is 2. The van der Waals surface area contributed by atoms with E-state index in [2.05, 4.69) is 6.92 Å². The van der Waals surface area contributed by atoms with Gasteiger partial charge in [0.25, 0.3) is 0 Å². The molecule has 2 aliphatic carbocycles. The van der Waals surface area contributed by atoms with Crippen LogP contribution < -0.4 is 4.74 Å². The second-order valence-electron chi connectivity index (χ2n) is 12.0. The first-order chi connectivity index (χ1) is 17.6. The summed E-state index contributed by atoms with van der Waals surface area (Å²) in [6, 6.07) is 2.29. The first kappa shape index (κ1) is 27.8. The Hall–Kier alpha value is -2.18. The van der Waals surface area contributed by atoms with E-state index in [9.17, 15) is 18.4 Å². The largest absolute Gasteiger partial charge is 0.493 e. The van der Waals surface area contributed by atoms with Crippen molar-refractivity contribution in [1.82, 2.24) is 4.90 Å². The Balaban J connectivity index is 1.19. The second kappa shape index (κ2) is 12.1. The van der Waals surface area contributed by atoms with E-state index in [1.807, 2.05) is 20.8 Å². The van der Waals surface area contributed by atoms with Gasteiger partial charge in [0.2, 0.25) is 0 Å². The molecule has 1 aliphatic heterocycles. The lowest BCUT2D eigenvalue weighted by Crippen LogP contribution is -2.40. The van der Waals surface area contributed by atoms with E-state index in [0.717, 1.165) is 50.9 Å². The van der Waals surface area contributed by atoms with Crippen LogP contribution >= 0.6 is 0 Å². The molecule has 0 radical (unpaired) electrons. The molecule has 3 aliphatic rings. The second-order valence-corrected chi connectivity index (χ2v) is 12.0. The van der Waals surface area contributed by atoms with E-state index < -0.39 is 23.0 Å². The lowest BCUT2D eigenvalue weighted by molar-refractivity contribution is 0.0632. The van der Waals surface area contributed by atoms with Crippen molar-refractivity contribution in [3.8, 4) is 5.75 Å². The number of likely N-dealkylation sites (tertiary alicyclic amines) is 1. The van der Waals surface area contributed by atoms with Crippen molar-refractivity contribution in [2.45, 2.75) is 85.2 Å². The van der Waals surface area contributed by atoms with Crippen LogP contribution in [-0.4, -0.2) is 42.6 Å². The summed E-state index contributed by atoms with van der Waals surface area (Å²) in [6.07, 6.45) is 7.38. The van der Waals surface area contributed by atoms with Gasteiger partial charge < -0.3 is 14.4 Å². The van der Waals surface area contributed by atoms with Gasteiger partial charge in [-0.1, -0.05) is 33.1 Å². The molecule has 1 saturated heterocycles. The molecule has 0 spiro atoms. The summed E-state index contributed by atoms with van der Waals surface area (Å²) in [4.78, 5) is 26.6. The molecule has 3 fully saturated rings. The average Bonchev–Trinajstić information content (AvgIpc) is 3.56. The molecular weight excluding hydrogens is 476 g/mol. The lowest BCUT2D eigenvalue weighted by atomic mass is 9.71. The smallest absolute Gasteiger partial charge is 0.410 e. The van der Waals surface area contributed by atoms with Gasteiger partial charge in [0.05, 0.1) is 18.3 Å². The number of nitrogens with zero attached hydrogens (tertiary/aromatic N) is 1. The molecule has 4 atom stereocenters. The zero-order valence-electron chi connectivity index (χ0n) is 22.8. The van der Waals surface area contributed by atoms with Gasteiger partial charge in [-0.15, -0.1) is 0 Å². The number of rotatable bonds is 11. The molecule has 7 heteroatoms. The van der Waals surface area contributed by atoms with Crippen molar-refractivity contribution in [2.75, 3.05) is 19.7 Å². The SMILES string of the molecule is CC(C)OC(=O)N1CCC(C2CC2CCOc2cc(F)c(C(=O)CC(C)C(C)C3CCC3)c(F)c2)CC1. The number of hydrogen-bond acceptors (Lipinski definition) is 4. The summed E-state index contributed by atoms with van der Waals surface area (Å²) in [6.45, 7) is 9.72. The van der Waals surface area contributed by atoms with Gasteiger partial charge in [0.15, 0.2) is 5.78 Å². The third-order valence-corrected chi connectivity index (χ3v) is 9.07. The van der Waals surface area contributed by atoms with E-state index in [4.69, 9.17) is 9.47 Å². The van der Waals surface area contributed by atoms with Gasteiger partial charge in [-0.2, -0.15) is 0 Å². The Bertz CT molecular complexity index is 932. The van der Waals surface area contributed by atoms with Gasteiger partial charge in [0, 0.05) is 31.6 Å². The Kier molecular flexibility index (Phi) is 9.12. The normalized spacial score (nSPS) is 23.9. The van der Waals surface area contributed by atoms with Gasteiger partial charge >= 0.3 is 6.09 Å². The lowest BCUT2D eigenvalue weighted by Gasteiger charge is -2.35. The van der Waals surface area contributed by atoms with Crippen molar-refractivity contribution < 1.29 is 27.8 Å². The van der Waals surface area contributed by atoms with E-state index in [-0.39, 0.29) is 30.3 Å². The molecule has 4 unspecified atom stereocenters. The average molecular weight is 520 g/mol. The molecule has 0 bridgehead atoms. The fraction of sp³-hybridized carbons (Fsp3) is 0.733. The molecule has 1 aromatic rings. The molecule has 0 aromatic heterocycles.